The van der Waals surface area contributed by atoms with E-state index < -0.39 is 0 Å². The molecular weight excluding hydrogens is 222 g/mol. The normalized spacial score (nSPS) is 8.94. The van der Waals surface area contributed by atoms with Crippen LogP contribution in [0.2, 0.25) is 0 Å². The van der Waals surface area contributed by atoms with Gasteiger partial charge in [0.15, 0.2) is 0 Å². The first-order chi connectivity index (χ1) is 8.86. The van der Waals surface area contributed by atoms with Crippen LogP contribution in [-0.4, -0.2) is 18.3 Å². The average molecular weight is 241 g/mol. The van der Waals surface area contributed by atoms with E-state index in [9.17, 15) is 0 Å². The molecular formula is C16H19NO. The van der Waals surface area contributed by atoms with E-state index in [1.807, 2.05) is 66.7 Å². The first-order valence-corrected chi connectivity index (χ1v) is 5.94. The molecule has 2 aromatic rings. The molecule has 2 nitrogen and oxygen atoms in total. The van der Waals surface area contributed by atoms with Crippen molar-refractivity contribution in [2.45, 2.75) is 0 Å². The lowest BCUT2D eigenvalue weighted by Gasteiger charge is -2.01. The maximum Gasteiger partial charge on any atom is 0.0604 e. The van der Waals surface area contributed by atoms with Crippen molar-refractivity contribution in [2.24, 2.45) is 0 Å². The first-order valence-electron chi connectivity index (χ1n) is 5.94. The minimum absolute atomic E-state index is 0.175. The predicted octanol–water partition coefficient (Wildman–Crippen LogP) is 3.42. The van der Waals surface area contributed by atoms with Crippen LogP contribution in [-0.2, 0) is 0 Å². The van der Waals surface area contributed by atoms with Crippen LogP contribution < -0.4 is 5.32 Å². The van der Waals surface area contributed by atoms with Gasteiger partial charge in [0.25, 0.3) is 0 Å². The quantitative estimate of drug-likeness (QED) is 0.859. The fourth-order valence-electron chi connectivity index (χ4n) is 1.35. The standard InChI is InChI=1S/C8H11NO.C8H8/c10-7-6-9-8-4-2-1-3-5-8;1-2-8-6-4-3-5-7-8/h1-5,9-10H,6-7H2;2-7H,1H2. The molecule has 0 aliphatic carbocycles. The topological polar surface area (TPSA) is 32.3 Å². The highest BCUT2D eigenvalue weighted by molar-refractivity contribution is 5.45. The maximum absolute atomic E-state index is 8.47. The summed E-state index contributed by atoms with van der Waals surface area (Å²) in [5, 5.41) is 11.5. The summed E-state index contributed by atoms with van der Waals surface area (Å²) >= 11 is 0. The third-order valence-corrected chi connectivity index (χ3v) is 2.25. The summed E-state index contributed by atoms with van der Waals surface area (Å²) in [5.74, 6) is 0. The number of nitrogens with one attached hydrogen (secondary N) is 1. The van der Waals surface area contributed by atoms with Gasteiger partial charge in [-0.15, -0.1) is 0 Å². The number of aliphatic hydroxyl groups is 1. The molecule has 18 heavy (non-hydrogen) atoms. The largest absolute Gasteiger partial charge is 0.395 e. The zero-order chi connectivity index (χ0) is 13.1. The highest BCUT2D eigenvalue weighted by atomic mass is 16.3. The van der Waals surface area contributed by atoms with E-state index in [1.165, 1.54) is 5.56 Å². The van der Waals surface area contributed by atoms with Gasteiger partial charge in [0.2, 0.25) is 0 Å². The van der Waals surface area contributed by atoms with Crippen molar-refractivity contribution < 1.29 is 5.11 Å². The second-order valence-electron chi connectivity index (χ2n) is 3.63. The maximum atomic E-state index is 8.47. The van der Waals surface area contributed by atoms with Crippen LogP contribution in [0.15, 0.2) is 67.2 Å². The minimum Gasteiger partial charge on any atom is -0.395 e. The molecule has 2 heteroatoms. The Kier molecular flexibility index (Phi) is 7.02. The van der Waals surface area contributed by atoms with Gasteiger partial charge in [-0.2, -0.15) is 0 Å². The van der Waals surface area contributed by atoms with Gasteiger partial charge in [-0.05, 0) is 17.7 Å². The Morgan fingerprint density at radius 1 is 0.944 bits per heavy atom. The van der Waals surface area contributed by atoms with E-state index in [4.69, 9.17) is 5.11 Å². The molecule has 0 aliphatic rings. The fraction of sp³-hybridized carbons (Fsp3) is 0.125. The molecule has 0 spiro atoms. The van der Waals surface area contributed by atoms with E-state index in [2.05, 4.69) is 11.9 Å². The molecule has 2 rings (SSSR count). The second kappa shape index (κ2) is 9.02. The third-order valence-electron chi connectivity index (χ3n) is 2.25. The molecule has 2 aromatic carbocycles. The Hall–Kier alpha value is -2.06. The monoisotopic (exact) mass is 241 g/mol. The zero-order valence-corrected chi connectivity index (χ0v) is 10.4. The van der Waals surface area contributed by atoms with Gasteiger partial charge in [0.1, 0.15) is 0 Å². The van der Waals surface area contributed by atoms with Gasteiger partial charge < -0.3 is 10.4 Å². The number of hydrogen-bond acceptors (Lipinski definition) is 2. The van der Waals surface area contributed by atoms with E-state index in [0.717, 1.165) is 5.69 Å². The molecule has 0 saturated carbocycles. The lowest BCUT2D eigenvalue weighted by atomic mass is 10.2. The summed E-state index contributed by atoms with van der Waals surface area (Å²) in [6.07, 6.45) is 1.83. The van der Waals surface area contributed by atoms with E-state index in [-0.39, 0.29) is 6.61 Å². The Labute approximate surface area is 109 Å². The van der Waals surface area contributed by atoms with E-state index in [0.29, 0.717) is 6.54 Å². The summed E-state index contributed by atoms with van der Waals surface area (Å²) in [7, 11) is 0. The predicted molar refractivity (Wildman–Crippen MR) is 78.6 cm³/mol. The van der Waals surface area contributed by atoms with Crippen molar-refractivity contribution in [3.63, 3.8) is 0 Å². The highest BCUT2D eigenvalue weighted by Crippen LogP contribution is 2.03. The van der Waals surface area contributed by atoms with Gasteiger partial charge >= 0.3 is 0 Å². The Morgan fingerprint density at radius 2 is 1.50 bits per heavy atom. The van der Waals surface area contributed by atoms with Crippen molar-refractivity contribution in [1.29, 1.82) is 0 Å². The number of benzene rings is 2. The summed E-state index contributed by atoms with van der Waals surface area (Å²) < 4.78 is 0. The molecule has 94 valence electrons. The number of anilines is 1. The number of rotatable bonds is 4. The summed E-state index contributed by atoms with van der Waals surface area (Å²) in [4.78, 5) is 0. The SMILES string of the molecule is C=Cc1ccccc1.OCCNc1ccccc1. The van der Waals surface area contributed by atoms with Crippen molar-refractivity contribution in [3.05, 3.63) is 72.8 Å². The third kappa shape index (κ3) is 5.87. The van der Waals surface area contributed by atoms with Crippen LogP contribution in [0.4, 0.5) is 5.69 Å². The summed E-state index contributed by atoms with van der Waals surface area (Å²) in [5.41, 5.74) is 2.23. The molecule has 0 aromatic heterocycles. The molecule has 0 amide bonds. The Morgan fingerprint density at radius 3 is 1.94 bits per heavy atom. The molecule has 0 unspecified atom stereocenters. The lowest BCUT2D eigenvalue weighted by Crippen LogP contribution is -2.04. The van der Waals surface area contributed by atoms with Crippen molar-refractivity contribution in [1.82, 2.24) is 0 Å². The van der Waals surface area contributed by atoms with Crippen LogP contribution in [0, 0.1) is 0 Å². The first kappa shape index (κ1) is 14.0. The van der Waals surface area contributed by atoms with Crippen LogP contribution in [0.1, 0.15) is 5.56 Å². The molecule has 0 heterocycles. The van der Waals surface area contributed by atoms with Gasteiger partial charge in [-0.25, -0.2) is 0 Å². The van der Waals surface area contributed by atoms with E-state index >= 15 is 0 Å². The molecule has 0 fully saturated rings. The summed E-state index contributed by atoms with van der Waals surface area (Å²) in [6, 6.07) is 19.8. The number of aliphatic hydroxyl groups excluding tert-OH is 1. The molecule has 0 bridgehead atoms. The van der Waals surface area contributed by atoms with Gasteiger partial charge in [0.05, 0.1) is 6.61 Å². The summed E-state index contributed by atoms with van der Waals surface area (Å²) in [6.45, 7) is 4.42. The van der Waals surface area contributed by atoms with Crippen molar-refractivity contribution in [2.75, 3.05) is 18.5 Å². The smallest absolute Gasteiger partial charge is 0.0604 e. The van der Waals surface area contributed by atoms with Crippen LogP contribution >= 0.6 is 0 Å². The molecule has 0 radical (unpaired) electrons. The molecule has 0 atom stereocenters. The van der Waals surface area contributed by atoms with E-state index in [1.54, 1.807) is 0 Å². The van der Waals surface area contributed by atoms with Crippen LogP contribution in [0.25, 0.3) is 6.08 Å². The molecule has 2 N–H and O–H groups in total. The molecule has 0 saturated heterocycles. The van der Waals surface area contributed by atoms with Gasteiger partial charge in [-0.3, -0.25) is 0 Å². The lowest BCUT2D eigenvalue weighted by molar-refractivity contribution is 0.311. The van der Waals surface area contributed by atoms with Gasteiger partial charge in [0, 0.05) is 12.2 Å². The van der Waals surface area contributed by atoms with Crippen LogP contribution in [0.3, 0.4) is 0 Å². The van der Waals surface area contributed by atoms with Crippen molar-refractivity contribution in [3.8, 4) is 0 Å². The number of para-hydroxylation sites is 1. The Bertz CT molecular complexity index is 425. The zero-order valence-electron chi connectivity index (χ0n) is 10.4. The van der Waals surface area contributed by atoms with Gasteiger partial charge in [-0.1, -0.05) is 61.2 Å². The van der Waals surface area contributed by atoms with Crippen molar-refractivity contribution >= 4 is 11.8 Å². The molecule has 0 aliphatic heterocycles. The van der Waals surface area contributed by atoms with Crippen LogP contribution in [0.5, 0.6) is 0 Å². The second-order valence-corrected chi connectivity index (χ2v) is 3.63. The average Bonchev–Trinajstić information content (AvgIpc) is 2.48. The Balaban J connectivity index is 0.000000184. The fourth-order valence-corrected chi connectivity index (χ4v) is 1.35. The number of hydrogen-bond donors (Lipinski definition) is 2. The minimum atomic E-state index is 0.175. The highest BCUT2D eigenvalue weighted by Gasteiger charge is 1.84.